The summed E-state index contributed by atoms with van der Waals surface area (Å²) < 4.78 is 0. The van der Waals surface area contributed by atoms with Crippen molar-refractivity contribution in [2.75, 3.05) is 19.6 Å². The number of carbonyl (C=O) groups excluding carboxylic acids is 3. The number of hydrogen-bond donors (Lipinski definition) is 2. The Balaban J connectivity index is 1.78. The summed E-state index contributed by atoms with van der Waals surface area (Å²) in [6.07, 6.45) is 1.01. The van der Waals surface area contributed by atoms with Gasteiger partial charge in [-0.25, -0.2) is 0 Å². The molecule has 3 amide bonds. The largest absolute Gasteiger partial charge is 0.350 e. The fraction of sp³-hybridized carbons (Fsp3) is 0.438. The molecule has 2 N–H and O–H groups in total. The second kappa shape index (κ2) is 7.97. The molecule has 1 saturated heterocycles. The Morgan fingerprint density at radius 3 is 2.87 bits per heavy atom. The number of amides is 3. The first-order chi connectivity index (χ1) is 10.9. The zero-order chi connectivity index (χ0) is 16.8. The molecule has 1 aliphatic rings. The van der Waals surface area contributed by atoms with Gasteiger partial charge in [0.2, 0.25) is 17.7 Å². The molecule has 1 heterocycles. The first-order valence-corrected chi connectivity index (χ1v) is 7.88. The highest BCUT2D eigenvalue weighted by molar-refractivity contribution is 6.30. The summed E-state index contributed by atoms with van der Waals surface area (Å²) in [5.74, 6) is -0.516. The molecule has 1 aromatic carbocycles. The first kappa shape index (κ1) is 17.3. The molecule has 0 spiro atoms. The molecule has 1 aliphatic heterocycles. The third-order valence-electron chi connectivity index (χ3n) is 3.64. The Morgan fingerprint density at radius 1 is 1.39 bits per heavy atom. The molecule has 6 nitrogen and oxygen atoms in total. The van der Waals surface area contributed by atoms with Crippen molar-refractivity contribution in [3.8, 4) is 0 Å². The number of likely N-dealkylation sites (tertiary alicyclic amines) is 1. The van der Waals surface area contributed by atoms with Crippen molar-refractivity contribution < 1.29 is 14.4 Å². The van der Waals surface area contributed by atoms with Crippen LogP contribution in [0.3, 0.4) is 0 Å². The first-order valence-electron chi connectivity index (χ1n) is 7.50. The summed E-state index contributed by atoms with van der Waals surface area (Å²) in [6, 6.07) is 7.35. The third kappa shape index (κ3) is 5.56. The molecular formula is C16H20ClN3O3. The van der Waals surface area contributed by atoms with E-state index < -0.39 is 0 Å². The Hall–Kier alpha value is -2.08. The Bertz CT molecular complexity index is 606. The minimum Gasteiger partial charge on any atom is -0.350 e. The molecule has 0 saturated carbocycles. The van der Waals surface area contributed by atoms with E-state index in [1.165, 1.54) is 6.92 Å². The molecular weight excluding hydrogens is 318 g/mol. The number of nitrogens with zero attached hydrogens (tertiary/aromatic N) is 1. The lowest BCUT2D eigenvalue weighted by Gasteiger charge is -2.17. The third-order valence-corrected chi connectivity index (χ3v) is 3.87. The van der Waals surface area contributed by atoms with Gasteiger partial charge < -0.3 is 15.5 Å². The normalized spacial score (nSPS) is 17.2. The molecule has 2 rings (SSSR count). The highest BCUT2D eigenvalue weighted by Gasteiger charge is 2.30. The van der Waals surface area contributed by atoms with Crippen molar-refractivity contribution >= 4 is 29.3 Å². The van der Waals surface area contributed by atoms with Crippen molar-refractivity contribution in [2.24, 2.45) is 0 Å². The fourth-order valence-corrected chi connectivity index (χ4v) is 2.74. The van der Waals surface area contributed by atoms with Crippen LogP contribution in [0.25, 0.3) is 0 Å². The summed E-state index contributed by atoms with van der Waals surface area (Å²) >= 11 is 5.94. The molecule has 23 heavy (non-hydrogen) atoms. The zero-order valence-corrected chi connectivity index (χ0v) is 13.7. The maximum absolute atomic E-state index is 12.0. The molecule has 1 fully saturated rings. The minimum absolute atomic E-state index is 0.0249. The number of hydrogen-bond acceptors (Lipinski definition) is 3. The highest BCUT2D eigenvalue weighted by Crippen LogP contribution is 2.14. The molecule has 7 heteroatoms. The van der Waals surface area contributed by atoms with Gasteiger partial charge in [-0.1, -0.05) is 23.7 Å². The number of halogens is 1. The Kier molecular flexibility index (Phi) is 5.98. The second-order valence-corrected chi connectivity index (χ2v) is 6.03. The summed E-state index contributed by atoms with van der Waals surface area (Å²) in [4.78, 5) is 36.2. The summed E-state index contributed by atoms with van der Waals surface area (Å²) in [7, 11) is 0. The predicted molar refractivity (Wildman–Crippen MR) is 87.0 cm³/mol. The van der Waals surface area contributed by atoms with Crippen LogP contribution < -0.4 is 10.6 Å². The Morgan fingerprint density at radius 2 is 2.17 bits per heavy atom. The van der Waals surface area contributed by atoms with Crippen LogP contribution in [-0.4, -0.2) is 48.3 Å². The molecule has 124 valence electrons. The van der Waals surface area contributed by atoms with E-state index in [4.69, 9.17) is 11.6 Å². The van der Waals surface area contributed by atoms with Gasteiger partial charge in [0, 0.05) is 31.5 Å². The summed E-state index contributed by atoms with van der Waals surface area (Å²) in [6.45, 7) is 2.37. The van der Waals surface area contributed by atoms with E-state index in [0.29, 0.717) is 24.5 Å². The standard InChI is InChI=1S/C16H20ClN3O3/c1-11(21)18-9-15(22)19-14-8-16(23)20(10-14)6-5-12-3-2-4-13(17)7-12/h2-4,7,14H,5-6,8-10H2,1H3,(H,18,21)(H,19,22)/t14-/m0/s1. The summed E-state index contributed by atoms with van der Waals surface area (Å²) in [5.41, 5.74) is 1.07. The molecule has 0 aromatic heterocycles. The van der Waals surface area contributed by atoms with Crippen LogP contribution in [0.1, 0.15) is 18.9 Å². The highest BCUT2D eigenvalue weighted by atomic mass is 35.5. The smallest absolute Gasteiger partial charge is 0.239 e. The van der Waals surface area contributed by atoms with Gasteiger partial charge in [-0.05, 0) is 24.1 Å². The van der Waals surface area contributed by atoms with Crippen molar-refractivity contribution in [3.63, 3.8) is 0 Å². The van der Waals surface area contributed by atoms with Crippen molar-refractivity contribution in [1.29, 1.82) is 0 Å². The molecule has 1 atom stereocenters. The van der Waals surface area contributed by atoms with Gasteiger partial charge in [0.15, 0.2) is 0 Å². The molecule has 0 unspecified atom stereocenters. The molecule has 0 aliphatic carbocycles. The molecule has 0 radical (unpaired) electrons. The van der Waals surface area contributed by atoms with E-state index in [0.717, 1.165) is 12.0 Å². The van der Waals surface area contributed by atoms with E-state index >= 15 is 0 Å². The van der Waals surface area contributed by atoms with Crippen LogP contribution in [0, 0.1) is 0 Å². The van der Waals surface area contributed by atoms with Crippen LogP contribution in [0.4, 0.5) is 0 Å². The lowest BCUT2D eigenvalue weighted by atomic mass is 10.1. The number of benzene rings is 1. The monoisotopic (exact) mass is 337 g/mol. The average Bonchev–Trinajstić information content (AvgIpc) is 2.83. The van der Waals surface area contributed by atoms with Gasteiger partial charge in [-0.3, -0.25) is 14.4 Å². The van der Waals surface area contributed by atoms with Crippen molar-refractivity contribution in [2.45, 2.75) is 25.8 Å². The topological polar surface area (TPSA) is 78.5 Å². The quantitative estimate of drug-likeness (QED) is 0.803. The van der Waals surface area contributed by atoms with Gasteiger partial charge in [-0.15, -0.1) is 0 Å². The van der Waals surface area contributed by atoms with E-state index in [-0.39, 0.29) is 30.3 Å². The number of rotatable bonds is 6. The van der Waals surface area contributed by atoms with E-state index in [1.807, 2.05) is 24.3 Å². The van der Waals surface area contributed by atoms with Gasteiger partial charge in [-0.2, -0.15) is 0 Å². The average molecular weight is 338 g/mol. The number of carbonyl (C=O) groups is 3. The Labute approximate surface area is 140 Å². The van der Waals surface area contributed by atoms with Gasteiger partial charge >= 0.3 is 0 Å². The maximum Gasteiger partial charge on any atom is 0.239 e. The number of nitrogens with one attached hydrogen (secondary N) is 2. The van der Waals surface area contributed by atoms with E-state index in [1.54, 1.807) is 4.90 Å². The lowest BCUT2D eigenvalue weighted by Crippen LogP contribution is -2.42. The maximum atomic E-state index is 12.0. The van der Waals surface area contributed by atoms with Crippen LogP contribution in [0.5, 0.6) is 0 Å². The van der Waals surface area contributed by atoms with E-state index in [2.05, 4.69) is 10.6 Å². The lowest BCUT2D eigenvalue weighted by molar-refractivity contribution is -0.127. The fourth-order valence-electron chi connectivity index (χ4n) is 2.52. The van der Waals surface area contributed by atoms with Crippen molar-refractivity contribution in [3.05, 3.63) is 34.9 Å². The summed E-state index contributed by atoms with van der Waals surface area (Å²) in [5, 5.41) is 5.88. The predicted octanol–water partition coefficient (Wildman–Crippen LogP) is 0.736. The zero-order valence-electron chi connectivity index (χ0n) is 13.0. The van der Waals surface area contributed by atoms with Crippen molar-refractivity contribution in [1.82, 2.24) is 15.5 Å². The minimum atomic E-state index is -0.283. The van der Waals surface area contributed by atoms with Crippen LogP contribution in [0.2, 0.25) is 5.02 Å². The van der Waals surface area contributed by atoms with Crippen LogP contribution >= 0.6 is 11.6 Å². The van der Waals surface area contributed by atoms with Gasteiger partial charge in [0.05, 0.1) is 12.6 Å². The molecule has 0 bridgehead atoms. The molecule has 1 aromatic rings. The second-order valence-electron chi connectivity index (χ2n) is 5.60. The van der Waals surface area contributed by atoms with Gasteiger partial charge in [0.25, 0.3) is 0 Å². The van der Waals surface area contributed by atoms with E-state index in [9.17, 15) is 14.4 Å². The van der Waals surface area contributed by atoms with Gasteiger partial charge in [0.1, 0.15) is 0 Å². The SMILES string of the molecule is CC(=O)NCC(=O)N[C@H]1CC(=O)N(CCc2cccc(Cl)c2)C1. The van der Waals surface area contributed by atoms with Crippen LogP contribution in [0.15, 0.2) is 24.3 Å². The van der Waals surface area contributed by atoms with Crippen LogP contribution in [-0.2, 0) is 20.8 Å².